The molecule has 1 fully saturated rings. The predicted molar refractivity (Wildman–Crippen MR) is 132 cm³/mol. The zero-order valence-electron chi connectivity index (χ0n) is 20.0. The van der Waals surface area contributed by atoms with E-state index >= 15 is 0 Å². The summed E-state index contributed by atoms with van der Waals surface area (Å²) in [6.45, 7) is 9.22. The van der Waals surface area contributed by atoms with E-state index in [0.29, 0.717) is 17.8 Å². The molecule has 1 saturated heterocycles. The zero-order chi connectivity index (χ0) is 23.9. The van der Waals surface area contributed by atoms with Gasteiger partial charge in [0.15, 0.2) is 0 Å². The predicted octanol–water partition coefficient (Wildman–Crippen LogP) is 3.24. The van der Waals surface area contributed by atoms with Crippen LogP contribution in [0.25, 0.3) is 0 Å². The normalized spacial score (nSPS) is 19.5. The molecule has 180 valence electrons. The van der Waals surface area contributed by atoms with Gasteiger partial charge in [-0.3, -0.25) is 9.80 Å². The molecule has 0 aromatic heterocycles. The minimum absolute atomic E-state index is 0.281. The fourth-order valence-corrected chi connectivity index (χ4v) is 4.56. The van der Waals surface area contributed by atoms with Crippen molar-refractivity contribution in [3.63, 3.8) is 0 Å². The number of benzene rings is 2. The van der Waals surface area contributed by atoms with E-state index in [9.17, 15) is 9.59 Å². The SMILES string of the molecule is CCOC(=O)C1=C(CN2CCN(Cc3ccccc3)CC2)NC(=O)N[C@@H]1c1ccc(CC)cc1. The van der Waals surface area contributed by atoms with Gasteiger partial charge in [0.1, 0.15) is 0 Å². The Hall–Kier alpha value is -3.16. The average Bonchev–Trinajstić information content (AvgIpc) is 2.86. The Labute approximate surface area is 201 Å². The van der Waals surface area contributed by atoms with Gasteiger partial charge in [0.2, 0.25) is 0 Å². The van der Waals surface area contributed by atoms with Gasteiger partial charge in [0, 0.05) is 45.0 Å². The fourth-order valence-electron chi connectivity index (χ4n) is 4.56. The van der Waals surface area contributed by atoms with E-state index in [0.717, 1.165) is 44.7 Å². The second kappa shape index (κ2) is 11.3. The third-order valence-electron chi connectivity index (χ3n) is 6.47. The number of carbonyl (C=O) groups is 2. The van der Waals surface area contributed by atoms with Crippen molar-refractivity contribution in [2.45, 2.75) is 32.9 Å². The van der Waals surface area contributed by atoms with Crippen molar-refractivity contribution in [2.24, 2.45) is 0 Å². The molecule has 7 heteroatoms. The number of nitrogens with zero attached hydrogens (tertiary/aromatic N) is 2. The van der Waals surface area contributed by atoms with Crippen LogP contribution >= 0.6 is 0 Å². The van der Waals surface area contributed by atoms with Crippen molar-refractivity contribution in [3.8, 4) is 0 Å². The number of rotatable bonds is 8. The lowest BCUT2D eigenvalue weighted by Gasteiger charge is -2.37. The van der Waals surface area contributed by atoms with Crippen LogP contribution in [0.3, 0.4) is 0 Å². The van der Waals surface area contributed by atoms with Gasteiger partial charge in [-0.25, -0.2) is 9.59 Å². The molecule has 0 radical (unpaired) electrons. The van der Waals surface area contributed by atoms with Gasteiger partial charge in [-0.1, -0.05) is 61.5 Å². The molecule has 2 heterocycles. The van der Waals surface area contributed by atoms with E-state index in [2.05, 4.69) is 51.6 Å². The minimum Gasteiger partial charge on any atom is -0.463 e. The third kappa shape index (κ3) is 5.85. The van der Waals surface area contributed by atoms with E-state index < -0.39 is 12.0 Å². The van der Waals surface area contributed by atoms with Crippen LogP contribution < -0.4 is 10.6 Å². The summed E-state index contributed by atoms with van der Waals surface area (Å²) >= 11 is 0. The topological polar surface area (TPSA) is 73.9 Å². The highest BCUT2D eigenvalue weighted by molar-refractivity contribution is 5.95. The summed E-state index contributed by atoms with van der Waals surface area (Å²) in [5, 5.41) is 5.83. The molecule has 2 N–H and O–H groups in total. The summed E-state index contributed by atoms with van der Waals surface area (Å²) in [4.78, 5) is 30.3. The summed E-state index contributed by atoms with van der Waals surface area (Å²) < 4.78 is 5.40. The summed E-state index contributed by atoms with van der Waals surface area (Å²) in [6.07, 6.45) is 0.931. The van der Waals surface area contributed by atoms with Gasteiger partial charge in [-0.15, -0.1) is 0 Å². The minimum atomic E-state index is -0.534. The molecule has 0 saturated carbocycles. The molecule has 2 aromatic rings. The molecular formula is C27H34N4O3. The molecule has 34 heavy (non-hydrogen) atoms. The first kappa shape index (κ1) is 24.0. The maximum atomic E-state index is 13.0. The number of aryl methyl sites for hydroxylation is 1. The highest BCUT2D eigenvalue weighted by Gasteiger charge is 2.34. The molecule has 1 atom stereocenters. The van der Waals surface area contributed by atoms with E-state index in [1.54, 1.807) is 6.92 Å². The van der Waals surface area contributed by atoms with Gasteiger partial charge in [-0.05, 0) is 30.0 Å². The van der Waals surface area contributed by atoms with Crippen LogP contribution in [-0.2, 0) is 22.5 Å². The van der Waals surface area contributed by atoms with Gasteiger partial charge in [-0.2, -0.15) is 0 Å². The van der Waals surface area contributed by atoms with Gasteiger partial charge >= 0.3 is 12.0 Å². The fraction of sp³-hybridized carbons (Fsp3) is 0.407. The quantitative estimate of drug-likeness (QED) is 0.590. The smallest absolute Gasteiger partial charge is 0.338 e. The Balaban J connectivity index is 1.51. The maximum absolute atomic E-state index is 13.0. The second-order valence-corrected chi connectivity index (χ2v) is 8.78. The molecule has 0 aliphatic carbocycles. The zero-order valence-corrected chi connectivity index (χ0v) is 20.0. The third-order valence-corrected chi connectivity index (χ3v) is 6.47. The van der Waals surface area contributed by atoms with Crippen LogP contribution in [0.2, 0.25) is 0 Å². The molecule has 0 spiro atoms. The highest BCUT2D eigenvalue weighted by atomic mass is 16.5. The molecule has 2 aliphatic heterocycles. The Bertz CT molecular complexity index is 1010. The van der Waals surface area contributed by atoms with Crippen molar-refractivity contribution < 1.29 is 14.3 Å². The van der Waals surface area contributed by atoms with E-state index in [-0.39, 0.29) is 12.6 Å². The summed E-state index contributed by atoms with van der Waals surface area (Å²) in [7, 11) is 0. The molecule has 4 rings (SSSR count). The number of hydrogen-bond acceptors (Lipinski definition) is 5. The molecule has 2 amide bonds. The standard InChI is InChI=1S/C27H34N4O3/c1-3-20-10-12-22(13-11-20)25-24(26(32)34-4-2)23(28-27(33)29-25)19-31-16-14-30(15-17-31)18-21-8-6-5-7-9-21/h5-13,25H,3-4,14-19H2,1-2H3,(H2,28,29,33)/t25-/m1/s1. The van der Waals surface area contributed by atoms with Crippen molar-refractivity contribution in [1.29, 1.82) is 0 Å². The molecule has 2 aromatic carbocycles. The second-order valence-electron chi connectivity index (χ2n) is 8.78. The number of ether oxygens (including phenoxy) is 1. The van der Waals surface area contributed by atoms with Crippen molar-refractivity contribution in [1.82, 2.24) is 20.4 Å². The van der Waals surface area contributed by atoms with Crippen molar-refractivity contribution in [2.75, 3.05) is 39.3 Å². The first-order chi connectivity index (χ1) is 16.6. The lowest BCUT2D eigenvalue weighted by atomic mass is 9.94. The van der Waals surface area contributed by atoms with Crippen LogP contribution in [-0.4, -0.2) is 61.1 Å². The number of urea groups is 1. The summed E-state index contributed by atoms with van der Waals surface area (Å²) in [6, 6.07) is 17.7. The van der Waals surface area contributed by atoms with Crippen molar-refractivity contribution >= 4 is 12.0 Å². The van der Waals surface area contributed by atoms with E-state index in [1.807, 2.05) is 30.3 Å². The monoisotopic (exact) mass is 462 g/mol. The number of nitrogens with one attached hydrogen (secondary N) is 2. The van der Waals surface area contributed by atoms with Crippen LogP contribution in [0.5, 0.6) is 0 Å². The lowest BCUT2D eigenvalue weighted by Crippen LogP contribution is -2.51. The summed E-state index contributed by atoms with van der Waals surface area (Å²) in [5.74, 6) is -0.391. The van der Waals surface area contributed by atoms with Gasteiger partial charge < -0.3 is 15.4 Å². The molecule has 7 nitrogen and oxygen atoms in total. The van der Waals surface area contributed by atoms with Crippen LogP contribution in [0.4, 0.5) is 4.79 Å². The Morgan fingerprint density at radius 1 is 0.912 bits per heavy atom. The maximum Gasteiger partial charge on any atom is 0.338 e. The Morgan fingerprint density at radius 2 is 1.56 bits per heavy atom. The molecular weight excluding hydrogens is 428 g/mol. The molecule has 2 aliphatic rings. The number of piperazine rings is 1. The number of carbonyl (C=O) groups excluding carboxylic acids is 2. The lowest BCUT2D eigenvalue weighted by molar-refractivity contribution is -0.139. The van der Waals surface area contributed by atoms with E-state index in [4.69, 9.17) is 4.74 Å². The highest BCUT2D eigenvalue weighted by Crippen LogP contribution is 2.28. The van der Waals surface area contributed by atoms with Crippen LogP contribution in [0, 0.1) is 0 Å². The Morgan fingerprint density at radius 3 is 2.18 bits per heavy atom. The van der Waals surface area contributed by atoms with Crippen LogP contribution in [0.15, 0.2) is 65.9 Å². The molecule has 0 bridgehead atoms. The first-order valence-corrected chi connectivity index (χ1v) is 12.1. The largest absolute Gasteiger partial charge is 0.463 e. The first-order valence-electron chi connectivity index (χ1n) is 12.1. The number of hydrogen-bond donors (Lipinski definition) is 2. The molecule has 0 unspecified atom stereocenters. The van der Waals surface area contributed by atoms with Crippen molar-refractivity contribution in [3.05, 3.63) is 82.6 Å². The van der Waals surface area contributed by atoms with Gasteiger partial charge in [0.25, 0.3) is 0 Å². The Kier molecular flexibility index (Phi) is 7.98. The van der Waals surface area contributed by atoms with E-state index in [1.165, 1.54) is 11.1 Å². The summed E-state index contributed by atoms with van der Waals surface area (Å²) in [5.41, 5.74) is 4.51. The van der Waals surface area contributed by atoms with Crippen LogP contribution in [0.1, 0.15) is 36.6 Å². The van der Waals surface area contributed by atoms with Gasteiger partial charge in [0.05, 0.1) is 18.2 Å². The number of amides is 2. The number of esters is 1. The average molecular weight is 463 g/mol.